The maximum absolute atomic E-state index is 11.2. The highest BCUT2D eigenvalue weighted by atomic mass is 16.5. The first-order chi connectivity index (χ1) is 7.19. The van der Waals surface area contributed by atoms with Gasteiger partial charge in [-0.15, -0.1) is 0 Å². The number of ether oxygens (including phenoxy) is 2. The third-order valence-electron chi connectivity index (χ3n) is 1.61. The molecule has 6 nitrogen and oxygen atoms in total. The number of nitrogens with one attached hydrogen (secondary N) is 1. The van der Waals surface area contributed by atoms with Gasteiger partial charge in [0.15, 0.2) is 5.69 Å². The Bertz CT molecular complexity index is 378. The molecule has 0 aliphatic carbocycles. The fraction of sp³-hybridized carbons (Fsp3) is 0.222. The quantitative estimate of drug-likeness (QED) is 0.738. The van der Waals surface area contributed by atoms with Gasteiger partial charge in [-0.1, -0.05) is 0 Å². The van der Waals surface area contributed by atoms with Crippen molar-refractivity contribution in [2.24, 2.45) is 0 Å². The van der Waals surface area contributed by atoms with Crippen molar-refractivity contribution >= 4 is 17.7 Å². The fourth-order valence-electron chi connectivity index (χ4n) is 0.926. The number of nitrogens with zero attached hydrogens (tertiary/aromatic N) is 1. The van der Waals surface area contributed by atoms with Crippen LogP contribution < -0.4 is 5.32 Å². The zero-order valence-electron chi connectivity index (χ0n) is 8.31. The molecule has 1 amide bonds. The topological polar surface area (TPSA) is 77.5 Å². The molecule has 1 aromatic heterocycles. The van der Waals surface area contributed by atoms with Crippen LogP contribution in [0.3, 0.4) is 0 Å². The van der Waals surface area contributed by atoms with Crippen molar-refractivity contribution < 1.29 is 19.1 Å². The standard InChI is InChI=1S/C9H10N2O4/c1-14-8(12)7-6(4-3-5-10-7)11-9(13)15-2/h3-5H,1-2H3,(H,11,13). The number of carbonyl (C=O) groups excluding carboxylic acids is 2. The third-order valence-corrected chi connectivity index (χ3v) is 1.61. The van der Waals surface area contributed by atoms with E-state index in [2.05, 4.69) is 19.8 Å². The van der Waals surface area contributed by atoms with Crippen LogP contribution in [-0.2, 0) is 9.47 Å². The van der Waals surface area contributed by atoms with E-state index in [1.54, 1.807) is 6.07 Å². The molecule has 1 N–H and O–H groups in total. The third kappa shape index (κ3) is 2.67. The fourth-order valence-corrected chi connectivity index (χ4v) is 0.926. The molecular weight excluding hydrogens is 200 g/mol. The Labute approximate surface area is 86.2 Å². The molecule has 0 radical (unpaired) electrons. The highest BCUT2D eigenvalue weighted by molar-refractivity contribution is 5.97. The van der Waals surface area contributed by atoms with E-state index in [9.17, 15) is 9.59 Å². The lowest BCUT2D eigenvalue weighted by Crippen LogP contribution is -2.15. The lowest BCUT2D eigenvalue weighted by atomic mass is 10.3. The van der Waals surface area contributed by atoms with Crippen molar-refractivity contribution in [3.05, 3.63) is 24.0 Å². The van der Waals surface area contributed by atoms with Gasteiger partial charge in [-0.2, -0.15) is 0 Å². The van der Waals surface area contributed by atoms with Gasteiger partial charge >= 0.3 is 12.1 Å². The molecule has 0 spiro atoms. The van der Waals surface area contributed by atoms with Crippen molar-refractivity contribution in [3.8, 4) is 0 Å². The Morgan fingerprint density at radius 2 is 2.07 bits per heavy atom. The van der Waals surface area contributed by atoms with Gasteiger partial charge in [0, 0.05) is 6.20 Å². The van der Waals surface area contributed by atoms with Gasteiger partial charge < -0.3 is 9.47 Å². The molecule has 1 heterocycles. The Hall–Kier alpha value is -2.11. The molecule has 0 unspecified atom stereocenters. The molecule has 0 aliphatic heterocycles. The van der Waals surface area contributed by atoms with E-state index in [-0.39, 0.29) is 11.4 Å². The minimum atomic E-state index is -0.673. The van der Waals surface area contributed by atoms with E-state index in [0.717, 1.165) is 0 Å². The summed E-state index contributed by atoms with van der Waals surface area (Å²) in [6, 6.07) is 3.11. The molecule has 0 saturated carbocycles. The SMILES string of the molecule is COC(=O)Nc1cccnc1C(=O)OC. The lowest BCUT2D eigenvalue weighted by Gasteiger charge is -2.06. The molecule has 80 valence electrons. The molecule has 0 saturated heterocycles. The zero-order chi connectivity index (χ0) is 11.3. The van der Waals surface area contributed by atoms with Crippen LogP contribution in [0, 0.1) is 0 Å². The molecule has 0 fully saturated rings. The summed E-state index contributed by atoms with van der Waals surface area (Å²) >= 11 is 0. The predicted molar refractivity (Wildman–Crippen MR) is 51.6 cm³/mol. The summed E-state index contributed by atoms with van der Waals surface area (Å²) in [6.45, 7) is 0. The van der Waals surface area contributed by atoms with Gasteiger partial charge in [0.25, 0.3) is 0 Å². The summed E-state index contributed by atoms with van der Waals surface area (Å²) in [5.41, 5.74) is 0.279. The van der Waals surface area contributed by atoms with Gasteiger partial charge in [0.1, 0.15) is 0 Å². The molecule has 0 aromatic carbocycles. The summed E-state index contributed by atoms with van der Waals surface area (Å²) in [4.78, 5) is 26.0. The number of methoxy groups -OCH3 is 2. The van der Waals surface area contributed by atoms with Crippen molar-refractivity contribution in [1.82, 2.24) is 4.98 Å². The van der Waals surface area contributed by atoms with Crippen LogP contribution in [0.5, 0.6) is 0 Å². The number of amides is 1. The number of aromatic nitrogens is 1. The Morgan fingerprint density at radius 3 is 2.67 bits per heavy atom. The summed E-state index contributed by atoms with van der Waals surface area (Å²) < 4.78 is 8.89. The van der Waals surface area contributed by atoms with Gasteiger partial charge in [0.2, 0.25) is 0 Å². The average molecular weight is 210 g/mol. The first-order valence-electron chi connectivity index (χ1n) is 4.07. The number of carbonyl (C=O) groups is 2. The number of esters is 1. The van der Waals surface area contributed by atoms with E-state index in [1.807, 2.05) is 0 Å². The van der Waals surface area contributed by atoms with Crippen molar-refractivity contribution in [2.75, 3.05) is 19.5 Å². The van der Waals surface area contributed by atoms with E-state index in [0.29, 0.717) is 0 Å². The van der Waals surface area contributed by atoms with Gasteiger partial charge in [-0.25, -0.2) is 14.6 Å². The summed E-state index contributed by atoms with van der Waals surface area (Å²) in [6.07, 6.45) is 0.752. The first kappa shape index (κ1) is 11.0. The van der Waals surface area contributed by atoms with Gasteiger partial charge in [-0.3, -0.25) is 5.32 Å². The Kier molecular flexibility index (Phi) is 3.61. The van der Waals surface area contributed by atoms with E-state index < -0.39 is 12.1 Å². The Balaban J connectivity index is 2.96. The monoisotopic (exact) mass is 210 g/mol. The van der Waals surface area contributed by atoms with E-state index in [1.165, 1.54) is 26.5 Å². The number of pyridine rings is 1. The molecule has 0 bridgehead atoms. The average Bonchev–Trinajstić information content (AvgIpc) is 2.28. The van der Waals surface area contributed by atoms with Crippen LogP contribution >= 0.6 is 0 Å². The smallest absolute Gasteiger partial charge is 0.411 e. The second-order valence-electron chi connectivity index (χ2n) is 2.51. The Morgan fingerprint density at radius 1 is 1.33 bits per heavy atom. The van der Waals surface area contributed by atoms with Crippen LogP contribution in [0.1, 0.15) is 10.5 Å². The summed E-state index contributed by atoms with van der Waals surface area (Å²) in [7, 11) is 2.46. The highest BCUT2D eigenvalue weighted by Crippen LogP contribution is 2.13. The van der Waals surface area contributed by atoms with Gasteiger partial charge in [-0.05, 0) is 12.1 Å². The number of anilines is 1. The predicted octanol–water partition coefficient (Wildman–Crippen LogP) is 1.05. The molecule has 15 heavy (non-hydrogen) atoms. The van der Waals surface area contributed by atoms with Crippen LogP contribution in [0.2, 0.25) is 0 Å². The second-order valence-corrected chi connectivity index (χ2v) is 2.51. The summed E-state index contributed by atoms with van der Waals surface area (Å²) in [5, 5.41) is 2.35. The maximum atomic E-state index is 11.2. The molecular formula is C9H10N2O4. The van der Waals surface area contributed by atoms with Gasteiger partial charge in [0.05, 0.1) is 19.9 Å². The number of rotatable bonds is 2. The highest BCUT2D eigenvalue weighted by Gasteiger charge is 2.14. The minimum absolute atomic E-state index is 0.0328. The lowest BCUT2D eigenvalue weighted by molar-refractivity contribution is 0.0595. The van der Waals surface area contributed by atoms with Crippen molar-refractivity contribution in [1.29, 1.82) is 0 Å². The van der Waals surface area contributed by atoms with E-state index in [4.69, 9.17) is 0 Å². The zero-order valence-corrected chi connectivity index (χ0v) is 8.31. The number of hydrogen-bond donors (Lipinski definition) is 1. The first-order valence-corrected chi connectivity index (χ1v) is 4.07. The van der Waals surface area contributed by atoms with Crippen LogP contribution in [0.15, 0.2) is 18.3 Å². The molecule has 0 aliphatic rings. The molecule has 1 aromatic rings. The maximum Gasteiger partial charge on any atom is 0.411 e. The minimum Gasteiger partial charge on any atom is -0.464 e. The summed E-state index contributed by atoms with van der Waals surface area (Å²) in [5.74, 6) is -0.623. The van der Waals surface area contributed by atoms with Crippen LogP contribution in [-0.4, -0.2) is 31.3 Å². The van der Waals surface area contributed by atoms with Crippen LogP contribution in [0.4, 0.5) is 10.5 Å². The normalized spacial score (nSPS) is 9.20. The van der Waals surface area contributed by atoms with Crippen molar-refractivity contribution in [2.45, 2.75) is 0 Å². The van der Waals surface area contributed by atoms with Crippen LogP contribution in [0.25, 0.3) is 0 Å². The second kappa shape index (κ2) is 4.94. The number of hydrogen-bond acceptors (Lipinski definition) is 5. The van der Waals surface area contributed by atoms with Crippen molar-refractivity contribution in [3.63, 3.8) is 0 Å². The van der Waals surface area contributed by atoms with E-state index >= 15 is 0 Å². The molecule has 1 rings (SSSR count). The molecule has 6 heteroatoms. The largest absolute Gasteiger partial charge is 0.464 e. The molecule has 0 atom stereocenters.